The number of hydrogen-bond donors (Lipinski definition) is 4. The average molecular weight is 413 g/mol. The van der Waals surface area contributed by atoms with Crippen LogP contribution in [0.5, 0.6) is 0 Å². The van der Waals surface area contributed by atoms with Gasteiger partial charge in [0.1, 0.15) is 4.88 Å². The van der Waals surface area contributed by atoms with Crippen molar-refractivity contribution < 1.29 is 14.4 Å². The molecule has 2 heterocycles. The maximum atomic E-state index is 12.9. The summed E-state index contributed by atoms with van der Waals surface area (Å²) in [4.78, 5) is 37.6. The second kappa shape index (κ2) is 7.87. The molecule has 8 heteroatoms. The largest absolute Gasteiger partial charge is 0.381 e. The molecule has 2 aliphatic rings. The summed E-state index contributed by atoms with van der Waals surface area (Å²) in [6, 6.07) is 5.34. The van der Waals surface area contributed by atoms with Crippen LogP contribution in [0, 0.1) is 0 Å². The average Bonchev–Trinajstić information content (AvgIpc) is 3.26. The molecule has 0 saturated heterocycles. The number of benzene rings is 1. The molecule has 1 fully saturated rings. The van der Waals surface area contributed by atoms with E-state index in [4.69, 9.17) is 0 Å². The number of carbonyl (C=O) groups excluding carboxylic acids is 3. The van der Waals surface area contributed by atoms with Gasteiger partial charge in [0.05, 0.1) is 5.69 Å². The van der Waals surface area contributed by atoms with Gasteiger partial charge < -0.3 is 21.3 Å². The predicted octanol–water partition coefficient (Wildman–Crippen LogP) is 2.40. The molecule has 0 radical (unpaired) electrons. The van der Waals surface area contributed by atoms with Crippen LogP contribution in [0.25, 0.3) is 10.1 Å². The van der Waals surface area contributed by atoms with Crippen molar-refractivity contribution in [2.24, 2.45) is 0 Å². The van der Waals surface area contributed by atoms with Gasteiger partial charge in [-0.05, 0) is 50.5 Å². The smallest absolute Gasteiger partial charge is 0.263 e. The molecule has 3 amide bonds. The van der Waals surface area contributed by atoms with Gasteiger partial charge in [-0.1, -0.05) is 6.58 Å². The van der Waals surface area contributed by atoms with Crippen molar-refractivity contribution in [2.75, 3.05) is 11.9 Å². The summed E-state index contributed by atoms with van der Waals surface area (Å²) in [5.74, 6) is -0.489. The van der Waals surface area contributed by atoms with E-state index in [-0.39, 0.29) is 35.8 Å². The van der Waals surface area contributed by atoms with Gasteiger partial charge in [0.25, 0.3) is 11.8 Å². The van der Waals surface area contributed by atoms with E-state index >= 15 is 0 Å². The molecule has 1 aliphatic heterocycles. The summed E-state index contributed by atoms with van der Waals surface area (Å²) in [5, 5.41) is 13.1. The number of fused-ring (bicyclic) bond motifs is 3. The zero-order valence-corrected chi connectivity index (χ0v) is 17.0. The zero-order valence-electron chi connectivity index (χ0n) is 16.2. The van der Waals surface area contributed by atoms with Crippen molar-refractivity contribution in [1.82, 2.24) is 16.0 Å². The van der Waals surface area contributed by atoms with Crippen molar-refractivity contribution in [2.45, 2.75) is 44.3 Å². The van der Waals surface area contributed by atoms with Crippen LogP contribution in [0.1, 0.15) is 46.2 Å². The maximum Gasteiger partial charge on any atom is 0.263 e. The molecule has 29 heavy (non-hydrogen) atoms. The van der Waals surface area contributed by atoms with Crippen LogP contribution in [0.2, 0.25) is 0 Å². The molecule has 1 aromatic heterocycles. The topological polar surface area (TPSA) is 99.3 Å². The lowest BCUT2D eigenvalue weighted by Crippen LogP contribution is -2.48. The van der Waals surface area contributed by atoms with Crippen molar-refractivity contribution in [3.8, 4) is 0 Å². The van der Waals surface area contributed by atoms with Crippen LogP contribution >= 0.6 is 11.3 Å². The van der Waals surface area contributed by atoms with E-state index in [2.05, 4.69) is 27.8 Å². The first-order chi connectivity index (χ1) is 14.0. The fraction of sp³-hybridized carbons (Fsp3) is 0.381. The molecule has 4 rings (SSSR count). The molecule has 1 aromatic carbocycles. The molecule has 2 aromatic rings. The summed E-state index contributed by atoms with van der Waals surface area (Å²) >= 11 is 1.42. The summed E-state index contributed by atoms with van der Waals surface area (Å²) in [7, 11) is 0. The fourth-order valence-corrected chi connectivity index (χ4v) is 5.03. The minimum Gasteiger partial charge on any atom is -0.381 e. The molecule has 4 N–H and O–H groups in total. The molecule has 7 nitrogen and oxygen atoms in total. The number of thiophene rings is 1. The lowest BCUT2D eigenvalue weighted by molar-refractivity contribution is -0.117. The highest BCUT2D eigenvalue weighted by Gasteiger charge is 2.30. The minimum atomic E-state index is -0.225. The van der Waals surface area contributed by atoms with Gasteiger partial charge in [-0.3, -0.25) is 14.4 Å². The van der Waals surface area contributed by atoms with Gasteiger partial charge in [0.15, 0.2) is 0 Å². The van der Waals surface area contributed by atoms with Crippen LogP contribution < -0.4 is 21.3 Å². The first-order valence-electron chi connectivity index (χ1n) is 9.81. The maximum absolute atomic E-state index is 12.9. The lowest BCUT2D eigenvalue weighted by atomic mass is 10.1. The predicted molar refractivity (Wildman–Crippen MR) is 114 cm³/mol. The van der Waals surface area contributed by atoms with E-state index in [0.29, 0.717) is 17.0 Å². The summed E-state index contributed by atoms with van der Waals surface area (Å²) < 4.78 is 0.959. The monoisotopic (exact) mass is 412 g/mol. The standard InChI is InChI=1S/C21H24N4O3S/c1-3-17(26)24-14-5-4-6-15(14)25-20(27)12-7-8-16-13(9-12)18-19(29-16)21(28)23-11(2)10-22-18/h3,7-9,11,14-15,22H,1,4-6,10H2,2H3,(H,23,28)(H,24,26)(H,25,27)/t11-,14+,15+/m1/s1. The molecular formula is C21H24N4O3S. The summed E-state index contributed by atoms with van der Waals surface area (Å²) in [5.41, 5.74) is 1.33. The molecule has 0 unspecified atom stereocenters. The van der Waals surface area contributed by atoms with Crippen LogP contribution in [0.15, 0.2) is 30.9 Å². The molecule has 0 spiro atoms. The molecule has 3 atom stereocenters. The van der Waals surface area contributed by atoms with Gasteiger partial charge in [0.2, 0.25) is 5.91 Å². The Labute approximate surface area is 172 Å². The quantitative estimate of drug-likeness (QED) is 0.580. The molecule has 0 bridgehead atoms. The Morgan fingerprint density at radius 3 is 2.76 bits per heavy atom. The van der Waals surface area contributed by atoms with E-state index in [1.165, 1.54) is 17.4 Å². The number of carbonyl (C=O) groups is 3. The fourth-order valence-electron chi connectivity index (χ4n) is 3.97. The highest BCUT2D eigenvalue weighted by atomic mass is 32.1. The van der Waals surface area contributed by atoms with E-state index < -0.39 is 0 Å². The second-order valence-electron chi connectivity index (χ2n) is 7.60. The first-order valence-corrected chi connectivity index (χ1v) is 10.6. The number of nitrogens with one attached hydrogen (secondary N) is 4. The number of hydrogen-bond acceptors (Lipinski definition) is 5. The lowest BCUT2D eigenvalue weighted by Gasteiger charge is -2.21. The van der Waals surface area contributed by atoms with Crippen LogP contribution in [-0.2, 0) is 4.79 Å². The minimum absolute atomic E-state index is 0.0358. The van der Waals surface area contributed by atoms with Gasteiger partial charge in [0, 0.05) is 40.3 Å². The van der Waals surface area contributed by atoms with Crippen LogP contribution in [0.3, 0.4) is 0 Å². The Kier molecular flexibility index (Phi) is 5.27. The molecule has 1 saturated carbocycles. The van der Waals surface area contributed by atoms with E-state index in [9.17, 15) is 14.4 Å². The van der Waals surface area contributed by atoms with Crippen molar-refractivity contribution in [1.29, 1.82) is 0 Å². The number of anilines is 1. The van der Waals surface area contributed by atoms with Crippen molar-refractivity contribution in [3.05, 3.63) is 41.3 Å². The highest BCUT2D eigenvalue weighted by molar-refractivity contribution is 7.21. The van der Waals surface area contributed by atoms with Gasteiger partial charge in [-0.2, -0.15) is 0 Å². The van der Waals surface area contributed by atoms with Gasteiger partial charge >= 0.3 is 0 Å². The van der Waals surface area contributed by atoms with E-state index in [1.54, 1.807) is 6.07 Å². The number of amides is 3. The Bertz CT molecular complexity index is 999. The van der Waals surface area contributed by atoms with E-state index in [1.807, 2.05) is 19.1 Å². The molecule has 152 valence electrons. The Morgan fingerprint density at radius 1 is 1.24 bits per heavy atom. The Morgan fingerprint density at radius 2 is 2.00 bits per heavy atom. The van der Waals surface area contributed by atoms with Crippen molar-refractivity contribution >= 4 is 44.8 Å². The Balaban J connectivity index is 1.56. The molecule has 1 aliphatic carbocycles. The molecular weight excluding hydrogens is 388 g/mol. The number of rotatable bonds is 4. The SMILES string of the molecule is C=CC(=O)N[C@H]1CCC[C@@H]1NC(=O)c1ccc2sc3c(c2c1)NC[C@@H](C)NC3=O. The highest BCUT2D eigenvalue weighted by Crippen LogP contribution is 2.37. The van der Waals surface area contributed by atoms with Crippen LogP contribution in [-0.4, -0.2) is 42.4 Å². The summed E-state index contributed by atoms with van der Waals surface area (Å²) in [6.07, 6.45) is 3.85. The van der Waals surface area contributed by atoms with Gasteiger partial charge in [-0.25, -0.2) is 0 Å². The van der Waals surface area contributed by atoms with Crippen molar-refractivity contribution in [3.63, 3.8) is 0 Å². The third kappa shape index (κ3) is 3.85. The van der Waals surface area contributed by atoms with Gasteiger partial charge in [-0.15, -0.1) is 11.3 Å². The zero-order chi connectivity index (χ0) is 20.5. The third-order valence-electron chi connectivity index (χ3n) is 5.46. The van der Waals surface area contributed by atoms with E-state index in [0.717, 1.165) is 35.0 Å². The normalized spacial score (nSPS) is 23.5. The third-order valence-corrected chi connectivity index (χ3v) is 6.63. The van der Waals surface area contributed by atoms with Crippen LogP contribution in [0.4, 0.5) is 5.69 Å². The Hall–Kier alpha value is -2.87. The summed E-state index contributed by atoms with van der Waals surface area (Å²) in [6.45, 7) is 6.06. The second-order valence-corrected chi connectivity index (χ2v) is 8.65. The first kappa shape index (κ1) is 19.4.